The van der Waals surface area contributed by atoms with Crippen LogP contribution < -0.4 is 5.32 Å². The van der Waals surface area contributed by atoms with Crippen LogP contribution in [-0.2, 0) is 4.79 Å². The molecule has 2 rings (SSSR count). The van der Waals surface area contributed by atoms with E-state index in [0.29, 0.717) is 18.0 Å². The Bertz CT molecular complexity index is 595. The van der Waals surface area contributed by atoms with Gasteiger partial charge in [0.25, 0.3) is 5.91 Å². The number of carbonyl (C=O) groups is 2. The van der Waals surface area contributed by atoms with Crippen LogP contribution in [0.1, 0.15) is 68.8 Å². The van der Waals surface area contributed by atoms with Crippen molar-refractivity contribution in [2.24, 2.45) is 11.8 Å². The van der Waals surface area contributed by atoms with Crippen LogP contribution in [0.15, 0.2) is 24.3 Å². The number of amides is 2. The highest BCUT2D eigenvalue weighted by Gasteiger charge is 2.29. The third-order valence-electron chi connectivity index (χ3n) is 5.19. The fourth-order valence-corrected chi connectivity index (χ4v) is 3.52. The molecule has 1 aliphatic heterocycles. The van der Waals surface area contributed by atoms with E-state index in [1.165, 1.54) is 6.42 Å². The third-order valence-corrected chi connectivity index (χ3v) is 5.19. The molecule has 1 aliphatic rings. The lowest BCUT2D eigenvalue weighted by atomic mass is 9.95. The summed E-state index contributed by atoms with van der Waals surface area (Å²) in [5, 5.41) is 3.15. The first kappa shape index (κ1) is 20.5. The average Bonchev–Trinajstić information content (AvgIpc) is 2.61. The van der Waals surface area contributed by atoms with Crippen molar-refractivity contribution in [2.75, 3.05) is 13.1 Å². The van der Waals surface area contributed by atoms with Gasteiger partial charge in [0.15, 0.2) is 0 Å². The summed E-state index contributed by atoms with van der Waals surface area (Å²) in [5.41, 5.74) is 1.85. The molecule has 2 amide bonds. The first-order valence-electron chi connectivity index (χ1n) is 10.0. The van der Waals surface area contributed by atoms with Crippen LogP contribution in [0.5, 0.6) is 0 Å². The minimum Gasteiger partial charge on any atom is -0.353 e. The van der Waals surface area contributed by atoms with E-state index in [-0.39, 0.29) is 23.8 Å². The summed E-state index contributed by atoms with van der Waals surface area (Å²) in [6.45, 7) is 9.81. The van der Waals surface area contributed by atoms with Gasteiger partial charge in [-0.25, -0.2) is 0 Å². The maximum atomic E-state index is 12.7. The van der Waals surface area contributed by atoms with Gasteiger partial charge >= 0.3 is 0 Å². The van der Waals surface area contributed by atoms with Crippen LogP contribution >= 0.6 is 0 Å². The predicted octanol–water partition coefficient (Wildman–Crippen LogP) is 4.18. The monoisotopic (exact) mass is 358 g/mol. The summed E-state index contributed by atoms with van der Waals surface area (Å²) >= 11 is 0. The van der Waals surface area contributed by atoms with Crippen molar-refractivity contribution in [1.82, 2.24) is 10.2 Å². The Balaban J connectivity index is 1.85. The summed E-state index contributed by atoms with van der Waals surface area (Å²) in [5.74, 6) is 0.749. The van der Waals surface area contributed by atoms with Gasteiger partial charge in [-0.1, -0.05) is 44.4 Å². The van der Waals surface area contributed by atoms with E-state index in [9.17, 15) is 9.59 Å². The number of nitrogens with zero attached hydrogens (tertiary/aromatic N) is 1. The number of aryl methyl sites for hydroxylation is 1. The molecule has 1 fully saturated rings. The van der Waals surface area contributed by atoms with Crippen LogP contribution in [0, 0.1) is 18.8 Å². The maximum Gasteiger partial charge on any atom is 0.253 e. The summed E-state index contributed by atoms with van der Waals surface area (Å²) < 4.78 is 0. The van der Waals surface area contributed by atoms with E-state index in [4.69, 9.17) is 0 Å². The summed E-state index contributed by atoms with van der Waals surface area (Å²) in [6, 6.07) is 7.86. The highest BCUT2D eigenvalue weighted by atomic mass is 16.2. The second-order valence-corrected chi connectivity index (χ2v) is 8.19. The lowest BCUT2D eigenvalue weighted by molar-refractivity contribution is -0.127. The Labute approximate surface area is 158 Å². The number of nitrogens with one attached hydrogen (secondary N) is 1. The minimum absolute atomic E-state index is 0.0347. The van der Waals surface area contributed by atoms with E-state index >= 15 is 0 Å². The normalized spacial score (nSPS) is 18.7. The Hall–Kier alpha value is -1.84. The zero-order chi connectivity index (χ0) is 19.1. The van der Waals surface area contributed by atoms with Crippen LogP contribution in [0.4, 0.5) is 0 Å². The molecule has 2 unspecified atom stereocenters. The average molecular weight is 359 g/mol. The van der Waals surface area contributed by atoms with Crippen molar-refractivity contribution < 1.29 is 9.59 Å². The van der Waals surface area contributed by atoms with Crippen molar-refractivity contribution in [3.63, 3.8) is 0 Å². The molecule has 1 N–H and O–H groups in total. The number of likely N-dealkylation sites (tertiary alicyclic amines) is 1. The number of piperidine rings is 1. The van der Waals surface area contributed by atoms with Crippen molar-refractivity contribution >= 4 is 11.8 Å². The lowest BCUT2D eigenvalue weighted by Crippen LogP contribution is -2.47. The van der Waals surface area contributed by atoms with Crippen molar-refractivity contribution in [2.45, 2.75) is 65.8 Å². The van der Waals surface area contributed by atoms with E-state index in [1.807, 2.05) is 36.1 Å². The van der Waals surface area contributed by atoms with Gasteiger partial charge in [-0.05, 0) is 51.2 Å². The topological polar surface area (TPSA) is 49.4 Å². The molecule has 0 saturated carbocycles. The largest absolute Gasteiger partial charge is 0.353 e. The Morgan fingerprint density at radius 1 is 1.15 bits per heavy atom. The first-order chi connectivity index (χ1) is 12.4. The third kappa shape index (κ3) is 6.15. The fourth-order valence-electron chi connectivity index (χ4n) is 3.52. The Kier molecular flexibility index (Phi) is 7.67. The molecule has 0 bridgehead atoms. The molecule has 26 heavy (non-hydrogen) atoms. The number of rotatable bonds is 7. The summed E-state index contributed by atoms with van der Waals surface area (Å²) in [6.07, 6.45) is 5.10. The summed E-state index contributed by atoms with van der Waals surface area (Å²) in [4.78, 5) is 27.1. The maximum absolute atomic E-state index is 12.7. The van der Waals surface area contributed by atoms with Gasteiger partial charge < -0.3 is 10.2 Å². The second-order valence-electron chi connectivity index (χ2n) is 8.19. The first-order valence-corrected chi connectivity index (χ1v) is 10.0. The second kappa shape index (κ2) is 9.75. The summed E-state index contributed by atoms with van der Waals surface area (Å²) in [7, 11) is 0. The molecule has 1 heterocycles. The molecule has 1 aromatic rings. The number of benzene rings is 1. The van der Waals surface area contributed by atoms with Crippen molar-refractivity contribution in [3.8, 4) is 0 Å². The lowest BCUT2D eigenvalue weighted by Gasteiger charge is -2.32. The molecule has 0 spiro atoms. The Morgan fingerprint density at radius 2 is 1.85 bits per heavy atom. The molecule has 2 atom stereocenters. The van der Waals surface area contributed by atoms with E-state index in [2.05, 4.69) is 26.1 Å². The van der Waals surface area contributed by atoms with Gasteiger partial charge in [0.05, 0.1) is 5.92 Å². The Morgan fingerprint density at radius 3 is 2.50 bits per heavy atom. The molecule has 1 aromatic carbocycles. The minimum atomic E-state index is -0.0919. The molecular formula is C22H34N2O2. The van der Waals surface area contributed by atoms with Gasteiger partial charge in [-0.3, -0.25) is 9.59 Å². The smallest absolute Gasteiger partial charge is 0.253 e. The zero-order valence-electron chi connectivity index (χ0n) is 16.8. The van der Waals surface area contributed by atoms with Crippen LogP contribution in [0.2, 0.25) is 0 Å². The quantitative estimate of drug-likeness (QED) is 0.795. The SMILES string of the molecule is Cc1ccc(C(=O)N2CCCC(C(=O)NC(C)CCCC(C)C)C2)cc1. The molecule has 0 aromatic heterocycles. The number of hydrogen-bond donors (Lipinski definition) is 1. The molecule has 4 nitrogen and oxygen atoms in total. The molecule has 0 aliphatic carbocycles. The molecule has 0 radical (unpaired) electrons. The fraction of sp³-hybridized carbons (Fsp3) is 0.636. The van der Waals surface area contributed by atoms with Crippen LogP contribution in [-0.4, -0.2) is 35.8 Å². The molecule has 4 heteroatoms. The van der Waals surface area contributed by atoms with Gasteiger partial charge in [-0.2, -0.15) is 0 Å². The highest BCUT2D eigenvalue weighted by molar-refractivity contribution is 5.94. The molecular weight excluding hydrogens is 324 g/mol. The van der Waals surface area contributed by atoms with Gasteiger partial charge in [-0.15, -0.1) is 0 Å². The van der Waals surface area contributed by atoms with Gasteiger partial charge in [0.2, 0.25) is 5.91 Å². The van der Waals surface area contributed by atoms with Gasteiger partial charge in [0.1, 0.15) is 0 Å². The number of carbonyl (C=O) groups excluding carboxylic acids is 2. The zero-order valence-corrected chi connectivity index (χ0v) is 16.8. The standard InChI is InChI=1S/C22H34N2O2/c1-16(2)7-5-8-18(4)23-21(25)20-9-6-14-24(15-20)22(26)19-12-10-17(3)11-13-19/h10-13,16,18,20H,5-9,14-15H2,1-4H3,(H,23,25). The van der Waals surface area contributed by atoms with E-state index in [1.54, 1.807) is 0 Å². The van der Waals surface area contributed by atoms with Gasteiger partial charge in [0, 0.05) is 24.7 Å². The molecule has 144 valence electrons. The van der Waals surface area contributed by atoms with Crippen LogP contribution in [0.3, 0.4) is 0 Å². The van der Waals surface area contributed by atoms with E-state index in [0.717, 1.165) is 37.8 Å². The molecule has 1 saturated heterocycles. The number of hydrogen-bond acceptors (Lipinski definition) is 2. The van der Waals surface area contributed by atoms with Crippen LogP contribution in [0.25, 0.3) is 0 Å². The van der Waals surface area contributed by atoms with Crippen molar-refractivity contribution in [3.05, 3.63) is 35.4 Å². The predicted molar refractivity (Wildman–Crippen MR) is 106 cm³/mol. The highest BCUT2D eigenvalue weighted by Crippen LogP contribution is 2.20. The van der Waals surface area contributed by atoms with E-state index < -0.39 is 0 Å². The van der Waals surface area contributed by atoms with Crippen molar-refractivity contribution in [1.29, 1.82) is 0 Å².